The molecule has 2 nitrogen and oxygen atoms in total. The van der Waals surface area contributed by atoms with E-state index in [1.54, 1.807) is 18.3 Å². The summed E-state index contributed by atoms with van der Waals surface area (Å²) in [6.07, 6.45) is 0.638. The first-order valence-electron chi connectivity index (χ1n) is 7.89. The second-order valence-corrected chi connectivity index (χ2v) is 4.59. The largest absolute Gasteiger partial charge is 0.321 e. The van der Waals surface area contributed by atoms with Crippen molar-refractivity contribution in [2.45, 2.75) is 60.9 Å². The Kier molecular flexibility index (Phi) is 14.5. The molecular weight excluding hydrogens is 278 g/mol. The van der Waals surface area contributed by atoms with Gasteiger partial charge in [-0.05, 0) is 35.7 Å². The molecule has 0 radical (unpaired) electrons. The van der Waals surface area contributed by atoms with Gasteiger partial charge in [-0.25, -0.2) is 0 Å². The molecule has 2 aromatic rings. The van der Waals surface area contributed by atoms with Gasteiger partial charge in [-0.2, -0.15) is 0 Å². The standard InChI is InChI=1S/C12H13NOS.3C2H6/c1-8(14)11(13)6-9-7-15-12-5-3-2-4-10(9)12;3*1-2/h2-5,7,11H,6,13H2,1H3;3*1-2H3. The van der Waals surface area contributed by atoms with E-state index in [2.05, 4.69) is 17.5 Å². The zero-order chi connectivity index (χ0) is 16.8. The van der Waals surface area contributed by atoms with Crippen LogP contribution in [0.1, 0.15) is 54.0 Å². The summed E-state index contributed by atoms with van der Waals surface area (Å²) in [6.45, 7) is 13.5. The minimum absolute atomic E-state index is 0.0466. The molecule has 2 N–H and O–H groups in total. The molecule has 0 aliphatic carbocycles. The maximum absolute atomic E-state index is 11.1. The van der Waals surface area contributed by atoms with Gasteiger partial charge in [0.1, 0.15) is 5.78 Å². The summed E-state index contributed by atoms with van der Waals surface area (Å²) in [5.41, 5.74) is 6.93. The van der Waals surface area contributed by atoms with Crippen molar-refractivity contribution >= 4 is 27.2 Å². The molecule has 1 aromatic heterocycles. The van der Waals surface area contributed by atoms with Gasteiger partial charge < -0.3 is 5.73 Å². The quantitative estimate of drug-likeness (QED) is 0.820. The molecule has 0 amide bonds. The van der Waals surface area contributed by atoms with E-state index >= 15 is 0 Å². The van der Waals surface area contributed by atoms with Gasteiger partial charge in [0.25, 0.3) is 0 Å². The molecule has 0 saturated heterocycles. The first-order chi connectivity index (χ1) is 10.2. The number of fused-ring (bicyclic) bond motifs is 1. The Bertz CT molecular complexity index is 491. The number of Topliss-reactive ketones (excluding diaryl/α,β-unsaturated/α-hetero) is 1. The van der Waals surface area contributed by atoms with E-state index in [1.807, 2.05) is 53.7 Å². The molecule has 0 aliphatic heterocycles. The Hall–Kier alpha value is -1.19. The van der Waals surface area contributed by atoms with E-state index in [0.717, 1.165) is 0 Å². The fourth-order valence-electron chi connectivity index (χ4n) is 1.57. The molecule has 2 rings (SSSR count). The molecule has 0 spiro atoms. The second-order valence-electron chi connectivity index (χ2n) is 3.68. The Morgan fingerprint density at radius 3 is 2.14 bits per heavy atom. The first-order valence-corrected chi connectivity index (χ1v) is 8.77. The van der Waals surface area contributed by atoms with Crippen LogP contribution in [-0.4, -0.2) is 11.8 Å². The molecule has 0 fully saturated rings. The van der Waals surface area contributed by atoms with Crippen molar-refractivity contribution in [3.8, 4) is 0 Å². The third kappa shape index (κ3) is 7.39. The summed E-state index contributed by atoms with van der Waals surface area (Å²) < 4.78 is 1.25. The smallest absolute Gasteiger partial charge is 0.146 e. The molecule has 1 heterocycles. The molecule has 3 heteroatoms. The van der Waals surface area contributed by atoms with Crippen LogP contribution in [0.3, 0.4) is 0 Å². The van der Waals surface area contributed by atoms with Crippen molar-refractivity contribution in [2.75, 3.05) is 0 Å². The number of thiophene rings is 1. The van der Waals surface area contributed by atoms with Crippen molar-refractivity contribution in [1.82, 2.24) is 0 Å². The average Bonchev–Trinajstić information content (AvgIpc) is 2.96. The predicted octanol–water partition coefficient (Wildman–Crippen LogP) is 5.44. The van der Waals surface area contributed by atoms with E-state index < -0.39 is 0 Å². The van der Waals surface area contributed by atoms with Crippen molar-refractivity contribution in [2.24, 2.45) is 5.73 Å². The molecule has 1 unspecified atom stereocenters. The number of carbonyl (C=O) groups excluding carboxylic acids is 1. The predicted molar refractivity (Wildman–Crippen MR) is 98.2 cm³/mol. The maximum Gasteiger partial charge on any atom is 0.146 e. The fourth-order valence-corrected chi connectivity index (χ4v) is 2.55. The number of benzene rings is 1. The lowest BCUT2D eigenvalue weighted by atomic mass is 10.0. The van der Waals surface area contributed by atoms with Crippen LogP contribution < -0.4 is 5.73 Å². The second kappa shape index (κ2) is 13.8. The highest BCUT2D eigenvalue weighted by atomic mass is 32.1. The lowest BCUT2D eigenvalue weighted by Gasteiger charge is -2.06. The third-order valence-electron chi connectivity index (χ3n) is 2.52. The van der Waals surface area contributed by atoms with Crippen molar-refractivity contribution in [3.05, 3.63) is 35.2 Å². The van der Waals surface area contributed by atoms with Gasteiger partial charge >= 0.3 is 0 Å². The molecule has 0 aliphatic rings. The van der Waals surface area contributed by atoms with Crippen molar-refractivity contribution in [1.29, 1.82) is 0 Å². The van der Waals surface area contributed by atoms with Crippen LogP contribution in [0.5, 0.6) is 0 Å². The number of carbonyl (C=O) groups is 1. The Morgan fingerprint density at radius 1 is 1.10 bits per heavy atom. The SMILES string of the molecule is CC.CC.CC.CC(=O)C(N)Cc1csc2ccccc12. The highest BCUT2D eigenvalue weighted by molar-refractivity contribution is 7.17. The summed E-state index contributed by atoms with van der Waals surface area (Å²) in [4.78, 5) is 11.1. The van der Waals surface area contributed by atoms with Crippen molar-refractivity contribution < 1.29 is 4.79 Å². The van der Waals surface area contributed by atoms with Crippen LogP contribution in [0.15, 0.2) is 29.6 Å². The maximum atomic E-state index is 11.1. The highest BCUT2D eigenvalue weighted by Gasteiger charge is 2.11. The molecule has 1 atom stereocenters. The molecule has 0 saturated carbocycles. The van der Waals surface area contributed by atoms with E-state index in [4.69, 9.17) is 5.73 Å². The molecule has 120 valence electrons. The number of nitrogens with two attached hydrogens (primary N) is 1. The zero-order valence-corrected chi connectivity index (χ0v) is 15.4. The van der Waals surface area contributed by atoms with E-state index in [1.165, 1.54) is 15.6 Å². The van der Waals surface area contributed by atoms with Crippen LogP contribution in [0, 0.1) is 0 Å². The topological polar surface area (TPSA) is 43.1 Å². The van der Waals surface area contributed by atoms with E-state index in [-0.39, 0.29) is 11.8 Å². The van der Waals surface area contributed by atoms with Gasteiger partial charge in [0.05, 0.1) is 6.04 Å². The van der Waals surface area contributed by atoms with Crippen LogP contribution in [0.2, 0.25) is 0 Å². The van der Waals surface area contributed by atoms with E-state index in [9.17, 15) is 4.79 Å². The number of ketones is 1. The average molecular weight is 310 g/mol. The number of rotatable bonds is 3. The Balaban J connectivity index is 0. The minimum atomic E-state index is -0.372. The van der Waals surface area contributed by atoms with Gasteiger partial charge in [-0.3, -0.25) is 4.79 Å². The van der Waals surface area contributed by atoms with Gasteiger partial charge in [0.2, 0.25) is 0 Å². The lowest BCUT2D eigenvalue weighted by Crippen LogP contribution is -2.30. The molecule has 0 bridgehead atoms. The summed E-state index contributed by atoms with van der Waals surface area (Å²) in [7, 11) is 0. The van der Waals surface area contributed by atoms with Crippen LogP contribution in [-0.2, 0) is 11.2 Å². The van der Waals surface area contributed by atoms with E-state index in [0.29, 0.717) is 6.42 Å². The van der Waals surface area contributed by atoms with Crippen LogP contribution in [0.25, 0.3) is 10.1 Å². The summed E-state index contributed by atoms with van der Waals surface area (Å²) in [6, 6.07) is 7.82. The van der Waals surface area contributed by atoms with Crippen LogP contribution in [0.4, 0.5) is 0 Å². The molecule has 21 heavy (non-hydrogen) atoms. The lowest BCUT2D eigenvalue weighted by molar-refractivity contribution is -0.118. The van der Waals surface area contributed by atoms with Gasteiger partial charge in [-0.15, -0.1) is 11.3 Å². The van der Waals surface area contributed by atoms with Gasteiger partial charge in [0, 0.05) is 4.70 Å². The normalized spacial score (nSPS) is 10.1. The molecular formula is C18H31NOS. The first kappa shape index (κ1) is 22.1. The summed E-state index contributed by atoms with van der Waals surface area (Å²) in [5.74, 6) is 0.0466. The summed E-state index contributed by atoms with van der Waals surface area (Å²) in [5, 5.41) is 3.31. The highest BCUT2D eigenvalue weighted by Crippen LogP contribution is 2.26. The Morgan fingerprint density at radius 2 is 1.62 bits per heavy atom. The zero-order valence-electron chi connectivity index (χ0n) is 14.6. The molecule has 1 aromatic carbocycles. The minimum Gasteiger partial charge on any atom is -0.321 e. The van der Waals surface area contributed by atoms with Gasteiger partial charge in [-0.1, -0.05) is 59.7 Å². The number of hydrogen-bond donors (Lipinski definition) is 1. The third-order valence-corrected chi connectivity index (χ3v) is 3.54. The number of hydrogen-bond acceptors (Lipinski definition) is 3. The van der Waals surface area contributed by atoms with Crippen molar-refractivity contribution in [3.63, 3.8) is 0 Å². The van der Waals surface area contributed by atoms with Gasteiger partial charge in [0.15, 0.2) is 0 Å². The van der Waals surface area contributed by atoms with Crippen LogP contribution >= 0.6 is 11.3 Å². The fraction of sp³-hybridized carbons (Fsp3) is 0.500. The monoisotopic (exact) mass is 309 g/mol. The Labute approximate surface area is 134 Å². The summed E-state index contributed by atoms with van der Waals surface area (Å²) >= 11 is 1.70.